The number of piperidine rings is 1. The summed E-state index contributed by atoms with van der Waals surface area (Å²) in [5.74, 6) is 0.558. The van der Waals surface area contributed by atoms with Gasteiger partial charge in [-0.15, -0.1) is 0 Å². The minimum Gasteiger partial charge on any atom is -0.408 e. The summed E-state index contributed by atoms with van der Waals surface area (Å²) in [5.41, 5.74) is 1.58. The van der Waals surface area contributed by atoms with Gasteiger partial charge in [-0.2, -0.15) is 0 Å². The SMILES string of the molecule is C[C@@H]1CN(CC2CCN(CCCn3c(=O)oc4ccccc43)CC2)C[C@@H](C)O1. The molecule has 2 aliphatic heterocycles. The first kappa shape index (κ1) is 19.7. The summed E-state index contributed by atoms with van der Waals surface area (Å²) in [7, 11) is 0. The molecule has 2 saturated heterocycles. The second-order valence-corrected chi connectivity index (χ2v) is 8.60. The lowest BCUT2D eigenvalue weighted by atomic mass is 9.95. The topological polar surface area (TPSA) is 50.9 Å². The fraction of sp³-hybridized carbons (Fsp3) is 0.682. The van der Waals surface area contributed by atoms with Gasteiger partial charge < -0.3 is 14.1 Å². The summed E-state index contributed by atoms with van der Waals surface area (Å²) in [6.07, 6.45) is 4.23. The number of hydrogen-bond acceptors (Lipinski definition) is 5. The van der Waals surface area contributed by atoms with Crippen molar-refractivity contribution in [2.24, 2.45) is 5.92 Å². The molecule has 0 aliphatic carbocycles. The summed E-state index contributed by atoms with van der Waals surface area (Å²) in [6, 6.07) is 7.67. The number of rotatable bonds is 6. The molecule has 0 N–H and O–H groups in total. The number of ether oxygens (including phenoxy) is 1. The van der Waals surface area contributed by atoms with E-state index in [1.54, 1.807) is 4.57 Å². The van der Waals surface area contributed by atoms with Crippen molar-refractivity contribution in [1.29, 1.82) is 0 Å². The van der Waals surface area contributed by atoms with Gasteiger partial charge in [0.15, 0.2) is 5.58 Å². The lowest BCUT2D eigenvalue weighted by Gasteiger charge is -2.39. The van der Waals surface area contributed by atoms with Crippen LogP contribution in [0.4, 0.5) is 0 Å². The van der Waals surface area contributed by atoms with Crippen LogP contribution < -0.4 is 5.76 Å². The molecule has 4 rings (SSSR count). The molecule has 1 aromatic heterocycles. The summed E-state index contributed by atoms with van der Waals surface area (Å²) < 4.78 is 12.9. The van der Waals surface area contributed by atoms with Gasteiger partial charge >= 0.3 is 5.76 Å². The van der Waals surface area contributed by atoms with Crippen molar-refractivity contribution in [3.8, 4) is 0 Å². The summed E-state index contributed by atoms with van der Waals surface area (Å²) in [6.45, 7) is 11.8. The van der Waals surface area contributed by atoms with Crippen molar-refractivity contribution in [1.82, 2.24) is 14.4 Å². The molecule has 0 amide bonds. The van der Waals surface area contributed by atoms with E-state index in [0.29, 0.717) is 17.8 Å². The standard InChI is InChI=1S/C22H33N3O3/c1-17-14-24(15-18(2)27-17)16-19-8-12-23(13-9-19)10-5-11-25-20-6-3-4-7-21(20)28-22(25)26/h3-4,6-7,17-19H,5,8-16H2,1-2H3/t17-,18-/m1/s1. The van der Waals surface area contributed by atoms with Crippen molar-refractivity contribution in [3.05, 3.63) is 34.8 Å². The summed E-state index contributed by atoms with van der Waals surface area (Å²) in [5, 5.41) is 0. The minimum atomic E-state index is -0.242. The van der Waals surface area contributed by atoms with Gasteiger partial charge in [-0.3, -0.25) is 9.47 Å². The first-order valence-electron chi connectivity index (χ1n) is 10.8. The molecular weight excluding hydrogens is 354 g/mol. The first-order chi connectivity index (χ1) is 13.6. The van der Waals surface area contributed by atoms with Gasteiger partial charge in [0.1, 0.15) is 0 Å². The highest BCUT2D eigenvalue weighted by atomic mass is 16.5. The van der Waals surface area contributed by atoms with Crippen LogP contribution in [-0.2, 0) is 11.3 Å². The Morgan fingerprint density at radius 3 is 2.46 bits per heavy atom. The Hall–Kier alpha value is -1.63. The molecule has 2 aliphatic rings. The number of morpholine rings is 1. The van der Waals surface area contributed by atoms with Crippen LogP contribution in [-0.4, -0.2) is 65.8 Å². The van der Waals surface area contributed by atoms with E-state index >= 15 is 0 Å². The molecule has 0 unspecified atom stereocenters. The molecule has 0 saturated carbocycles. The Balaban J connectivity index is 1.21. The van der Waals surface area contributed by atoms with Gasteiger partial charge in [0.05, 0.1) is 17.7 Å². The molecule has 2 fully saturated rings. The van der Waals surface area contributed by atoms with E-state index in [-0.39, 0.29) is 5.76 Å². The Kier molecular flexibility index (Phi) is 6.19. The Morgan fingerprint density at radius 2 is 1.71 bits per heavy atom. The number of para-hydroxylation sites is 2. The van der Waals surface area contributed by atoms with Crippen LogP contribution in [0.5, 0.6) is 0 Å². The van der Waals surface area contributed by atoms with Crippen molar-refractivity contribution < 1.29 is 9.15 Å². The van der Waals surface area contributed by atoms with E-state index in [9.17, 15) is 4.79 Å². The van der Waals surface area contributed by atoms with Crippen LogP contribution in [0.2, 0.25) is 0 Å². The number of aryl methyl sites for hydroxylation is 1. The van der Waals surface area contributed by atoms with Gasteiger partial charge in [0.2, 0.25) is 0 Å². The van der Waals surface area contributed by atoms with E-state index < -0.39 is 0 Å². The molecule has 28 heavy (non-hydrogen) atoms. The number of likely N-dealkylation sites (tertiary alicyclic amines) is 1. The van der Waals surface area contributed by atoms with E-state index in [1.165, 1.54) is 32.5 Å². The van der Waals surface area contributed by atoms with E-state index in [1.807, 2.05) is 24.3 Å². The number of benzene rings is 1. The normalized spacial score (nSPS) is 25.5. The number of fused-ring (bicyclic) bond motifs is 1. The largest absolute Gasteiger partial charge is 0.419 e. The third-order valence-corrected chi connectivity index (χ3v) is 6.15. The third-order valence-electron chi connectivity index (χ3n) is 6.15. The fourth-order valence-corrected chi connectivity index (χ4v) is 4.87. The number of hydrogen-bond donors (Lipinski definition) is 0. The van der Waals surface area contributed by atoms with E-state index in [2.05, 4.69) is 23.6 Å². The maximum absolute atomic E-state index is 12.1. The van der Waals surface area contributed by atoms with Crippen LogP contribution in [0.15, 0.2) is 33.5 Å². The van der Waals surface area contributed by atoms with Gasteiger partial charge in [0.25, 0.3) is 0 Å². The lowest BCUT2D eigenvalue weighted by Crippen LogP contribution is -2.48. The van der Waals surface area contributed by atoms with Crippen LogP contribution in [0.1, 0.15) is 33.1 Å². The Labute approximate surface area is 167 Å². The van der Waals surface area contributed by atoms with Crippen LogP contribution in [0.3, 0.4) is 0 Å². The molecule has 2 aromatic rings. The molecule has 2 atom stereocenters. The Morgan fingerprint density at radius 1 is 1.00 bits per heavy atom. The molecule has 0 spiro atoms. The third kappa shape index (κ3) is 4.67. The zero-order valence-electron chi connectivity index (χ0n) is 17.2. The van der Waals surface area contributed by atoms with Gasteiger partial charge in [-0.05, 0) is 70.8 Å². The predicted octanol–water partition coefficient (Wildman–Crippen LogP) is 2.81. The Bertz CT molecular complexity index is 812. The maximum atomic E-state index is 12.1. The quantitative estimate of drug-likeness (QED) is 0.763. The lowest BCUT2D eigenvalue weighted by molar-refractivity contribution is -0.0731. The average molecular weight is 388 g/mol. The highest BCUT2D eigenvalue weighted by Crippen LogP contribution is 2.21. The van der Waals surface area contributed by atoms with Gasteiger partial charge in [-0.1, -0.05) is 12.1 Å². The van der Waals surface area contributed by atoms with Crippen LogP contribution in [0.25, 0.3) is 11.1 Å². The van der Waals surface area contributed by atoms with Crippen molar-refractivity contribution >= 4 is 11.1 Å². The average Bonchev–Trinajstić information content (AvgIpc) is 2.98. The smallest absolute Gasteiger partial charge is 0.408 e. The van der Waals surface area contributed by atoms with Crippen molar-refractivity contribution in [3.63, 3.8) is 0 Å². The maximum Gasteiger partial charge on any atom is 0.419 e. The fourth-order valence-electron chi connectivity index (χ4n) is 4.87. The number of nitrogens with zero attached hydrogens (tertiary/aromatic N) is 3. The highest BCUT2D eigenvalue weighted by Gasteiger charge is 2.26. The van der Waals surface area contributed by atoms with Gasteiger partial charge in [0, 0.05) is 26.2 Å². The van der Waals surface area contributed by atoms with E-state index in [4.69, 9.17) is 9.15 Å². The zero-order valence-corrected chi connectivity index (χ0v) is 17.2. The number of aromatic nitrogens is 1. The minimum absolute atomic E-state index is 0.242. The second-order valence-electron chi connectivity index (χ2n) is 8.60. The molecule has 1 aromatic carbocycles. The molecule has 6 heteroatoms. The molecule has 0 radical (unpaired) electrons. The van der Waals surface area contributed by atoms with Crippen LogP contribution in [0, 0.1) is 5.92 Å². The second kappa shape index (κ2) is 8.80. The molecule has 154 valence electrons. The molecule has 6 nitrogen and oxygen atoms in total. The van der Waals surface area contributed by atoms with Crippen molar-refractivity contribution in [2.75, 3.05) is 39.3 Å². The summed E-state index contributed by atoms with van der Waals surface area (Å²) in [4.78, 5) is 17.2. The molecular formula is C22H33N3O3. The molecule has 3 heterocycles. The number of oxazole rings is 1. The predicted molar refractivity (Wildman–Crippen MR) is 111 cm³/mol. The first-order valence-corrected chi connectivity index (χ1v) is 10.8. The van der Waals surface area contributed by atoms with Gasteiger partial charge in [-0.25, -0.2) is 4.79 Å². The van der Waals surface area contributed by atoms with Crippen LogP contribution >= 0.6 is 0 Å². The zero-order chi connectivity index (χ0) is 19.5. The monoisotopic (exact) mass is 387 g/mol. The highest BCUT2D eigenvalue weighted by molar-refractivity contribution is 5.72. The van der Waals surface area contributed by atoms with E-state index in [0.717, 1.165) is 44.0 Å². The van der Waals surface area contributed by atoms with Crippen molar-refractivity contribution in [2.45, 2.75) is 51.9 Å². The summed E-state index contributed by atoms with van der Waals surface area (Å²) >= 11 is 0. The molecule has 0 bridgehead atoms.